The van der Waals surface area contributed by atoms with Gasteiger partial charge in [-0.05, 0) is 18.6 Å². The van der Waals surface area contributed by atoms with Crippen LogP contribution in [-0.4, -0.2) is 20.8 Å². The fourth-order valence-corrected chi connectivity index (χ4v) is 1.68. The van der Waals surface area contributed by atoms with E-state index in [-0.39, 0.29) is 0 Å². The zero-order valence-corrected chi connectivity index (χ0v) is 10.5. The number of hydrogen-bond acceptors (Lipinski definition) is 3. The summed E-state index contributed by atoms with van der Waals surface area (Å²) in [5, 5.41) is 7.64. The van der Waals surface area contributed by atoms with Gasteiger partial charge in [-0.25, -0.2) is 9.67 Å². The van der Waals surface area contributed by atoms with E-state index >= 15 is 0 Å². The van der Waals surface area contributed by atoms with Crippen molar-refractivity contribution in [1.82, 2.24) is 20.1 Å². The zero-order valence-electron chi connectivity index (χ0n) is 10.5. The lowest BCUT2D eigenvalue weighted by Gasteiger charge is -2.11. The van der Waals surface area contributed by atoms with Gasteiger partial charge in [-0.2, -0.15) is 5.10 Å². The predicted molar refractivity (Wildman–Crippen MR) is 68.1 cm³/mol. The van der Waals surface area contributed by atoms with Gasteiger partial charge in [0, 0.05) is 6.04 Å². The van der Waals surface area contributed by atoms with E-state index in [1.54, 1.807) is 6.33 Å². The quantitative estimate of drug-likeness (QED) is 0.874. The Morgan fingerprint density at radius 3 is 2.76 bits per heavy atom. The van der Waals surface area contributed by atoms with Crippen molar-refractivity contribution in [2.45, 2.75) is 33.4 Å². The van der Waals surface area contributed by atoms with Crippen molar-refractivity contribution < 1.29 is 0 Å². The smallest absolute Gasteiger partial charge is 0.146 e. The third kappa shape index (κ3) is 2.71. The van der Waals surface area contributed by atoms with E-state index in [1.165, 1.54) is 5.56 Å². The maximum absolute atomic E-state index is 4.29. The molecular weight excluding hydrogens is 212 g/mol. The highest BCUT2D eigenvalue weighted by molar-refractivity contribution is 5.39. The first-order chi connectivity index (χ1) is 8.18. The second-order valence-corrected chi connectivity index (χ2v) is 4.41. The Morgan fingerprint density at radius 1 is 1.29 bits per heavy atom. The van der Waals surface area contributed by atoms with Gasteiger partial charge in [0.05, 0.1) is 12.2 Å². The van der Waals surface area contributed by atoms with Crippen molar-refractivity contribution in [2.75, 3.05) is 0 Å². The molecule has 4 heteroatoms. The summed E-state index contributed by atoms with van der Waals surface area (Å²) in [7, 11) is 0. The van der Waals surface area contributed by atoms with Crippen molar-refractivity contribution >= 4 is 0 Å². The van der Waals surface area contributed by atoms with Gasteiger partial charge in [0.15, 0.2) is 0 Å². The second-order valence-electron chi connectivity index (χ2n) is 4.41. The molecule has 0 aliphatic rings. The Labute approximate surface area is 102 Å². The molecule has 0 atom stereocenters. The van der Waals surface area contributed by atoms with Crippen molar-refractivity contribution in [3.63, 3.8) is 0 Å². The van der Waals surface area contributed by atoms with Crippen LogP contribution in [0.4, 0.5) is 0 Å². The highest BCUT2D eigenvalue weighted by Gasteiger charge is 2.08. The molecule has 0 aliphatic heterocycles. The number of hydrogen-bond donors (Lipinski definition) is 1. The molecule has 2 aromatic rings. The first-order valence-corrected chi connectivity index (χ1v) is 5.87. The molecule has 0 radical (unpaired) electrons. The summed E-state index contributed by atoms with van der Waals surface area (Å²) in [6.07, 6.45) is 1.60. The molecule has 4 nitrogen and oxygen atoms in total. The van der Waals surface area contributed by atoms with Gasteiger partial charge in [0.1, 0.15) is 12.2 Å². The van der Waals surface area contributed by atoms with Gasteiger partial charge in [-0.15, -0.1) is 0 Å². The molecule has 0 saturated heterocycles. The van der Waals surface area contributed by atoms with Crippen LogP contribution in [0.25, 0.3) is 5.69 Å². The maximum Gasteiger partial charge on any atom is 0.146 e. The molecule has 1 aromatic heterocycles. The normalized spacial score (nSPS) is 11.1. The van der Waals surface area contributed by atoms with Gasteiger partial charge in [-0.3, -0.25) is 0 Å². The van der Waals surface area contributed by atoms with E-state index in [0.29, 0.717) is 6.04 Å². The predicted octanol–water partition coefficient (Wildman–Crippen LogP) is 2.07. The molecule has 0 aliphatic carbocycles. The van der Waals surface area contributed by atoms with Crippen LogP contribution in [0.2, 0.25) is 0 Å². The summed E-state index contributed by atoms with van der Waals surface area (Å²) in [6, 6.07) is 8.63. The van der Waals surface area contributed by atoms with E-state index in [9.17, 15) is 0 Å². The molecule has 0 spiro atoms. The highest BCUT2D eigenvalue weighted by Crippen LogP contribution is 2.13. The summed E-state index contributed by atoms with van der Waals surface area (Å²) in [4.78, 5) is 4.29. The SMILES string of the molecule is Cc1ccccc1-n1ncnc1CNC(C)C. The number of aryl methyl sites for hydroxylation is 1. The average Bonchev–Trinajstić information content (AvgIpc) is 2.75. The van der Waals surface area contributed by atoms with Crippen LogP contribution in [0, 0.1) is 6.92 Å². The van der Waals surface area contributed by atoms with Gasteiger partial charge in [0.25, 0.3) is 0 Å². The summed E-state index contributed by atoms with van der Waals surface area (Å²) in [5.41, 5.74) is 2.29. The summed E-state index contributed by atoms with van der Waals surface area (Å²) >= 11 is 0. The van der Waals surface area contributed by atoms with Gasteiger partial charge >= 0.3 is 0 Å². The van der Waals surface area contributed by atoms with E-state index in [1.807, 2.05) is 16.8 Å². The lowest BCUT2D eigenvalue weighted by molar-refractivity contribution is 0.563. The first-order valence-electron chi connectivity index (χ1n) is 5.87. The van der Waals surface area contributed by atoms with E-state index < -0.39 is 0 Å². The summed E-state index contributed by atoms with van der Waals surface area (Å²) in [5.74, 6) is 0.938. The third-order valence-corrected chi connectivity index (χ3v) is 2.63. The lowest BCUT2D eigenvalue weighted by Crippen LogP contribution is -2.24. The lowest BCUT2D eigenvalue weighted by atomic mass is 10.2. The summed E-state index contributed by atoms with van der Waals surface area (Å²) < 4.78 is 1.89. The van der Waals surface area contributed by atoms with Crippen LogP contribution in [0.1, 0.15) is 25.2 Å². The zero-order chi connectivity index (χ0) is 12.3. The Bertz CT molecular complexity index is 488. The number of nitrogens with one attached hydrogen (secondary N) is 1. The Balaban J connectivity index is 2.28. The molecule has 17 heavy (non-hydrogen) atoms. The van der Waals surface area contributed by atoms with Crippen LogP contribution in [-0.2, 0) is 6.54 Å². The molecular formula is C13H18N4. The molecule has 0 fully saturated rings. The van der Waals surface area contributed by atoms with Crippen LogP contribution in [0.5, 0.6) is 0 Å². The van der Waals surface area contributed by atoms with Crippen LogP contribution in [0.3, 0.4) is 0 Å². The molecule has 0 saturated carbocycles. The molecule has 0 bridgehead atoms. The second kappa shape index (κ2) is 5.10. The minimum Gasteiger partial charge on any atom is -0.308 e. The van der Waals surface area contributed by atoms with E-state index in [4.69, 9.17) is 0 Å². The van der Waals surface area contributed by atoms with Gasteiger partial charge in [0.2, 0.25) is 0 Å². The minimum absolute atomic E-state index is 0.442. The molecule has 0 amide bonds. The standard InChI is InChI=1S/C13H18N4/c1-10(2)14-8-13-15-9-16-17(13)12-7-5-4-6-11(12)3/h4-7,9-10,14H,8H2,1-3H3. The Kier molecular flexibility index (Phi) is 3.54. The molecule has 0 unspecified atom stereocenters. The van der Waals surface area contributed by atoms with Crippen LogP contribution < -0.4 is 5.32 Å². The highest BCUT2D eigenvalue weighted by atomic mass is 15.3. The Morgan fingerprint density at radius 2 is 2.06 bits per heavy atom. The van der Waals surface area contributed by atoms with Crippen molar-refractivity contribution in [1.29, 1.82) is 0 Å². The number of aromatic nitrogens is 3. The fraction of sp³-hybridized carbons (Fsp3) is 0.385. The monoisotopic (exact) mass is 230 g/mol. The summed E-state index contributed by atoms with van der Waals surface area (Å²) in [6.45, 7) is 7.05. The molecule has 1 N–H and O–H groups in total. The Hall–Kier alpha value is -1.68. The van der Waals surface area contributed by atoms with Crippen LogP contribution >= 0.6 is 0 Å². The van der Waals surface area contributed by atoms with E-state index in [2.05, 4.69) is 48.3 Å². The van der Waals surface area contributed by atoms with Gasteiger partial charge < -0.3 is 5.32 Å². The number of benzene rings is 1. The third-order valence-electron chi connectivity index (χ3n) is 2.63. The number of para-hydroxylation sites is 1. The molecule has 90 valence electrons. The van der Waals surface area contributed by atoms with Gasteiger partial charge in [-0.1, -0.05) is 32.0 Å². The largest absolute Gasteiger partial charge is 0.308 e. The van der Waals surface area contributed by atoms with E-state index in [0.717, 1.165) is 18.1 Å². The average molecular weight is 230 g/mol. The fourth-order valence-electron chi connectivity index (χ4n) is 1.68. The molecule has 1 aromatic carbocycles. The number of rotatable bonds is 4. The molecule has 2 rings (SSSR count). The minimum atomic E-state index is 0.442. The van der Waals surface area contributed by atoms with Crippen molar-refractivity contribution in [3.8, 4) is 5.69 Å². The van der Waals surface area contributed by atoms with Crippen LogP contribution in [0.15, 0.2) is 30.6 Å². The van der Waals surface area contributed by atoms with Crippen molar-refractivity contribution in [3.05, 3.63) is 42.0 Å². The molecule has 1 heterocycles. The number of nitrogens with zero attached hydrogens (tertiary/aromatic N) is 3. The topological polar surface area (TPSA) is 42.7 Å². The first kappa shape index (κ1) is 11.8. The van der Waals surface area contributed by atoms with Crippen molar-refractivity contribution in [2.24, 2.45) is 0 Å². The maximum atomic E-state index is 4.29.